The first-order valence-electron chi connectivity index (χ1n) is 6.36. The van der Waals surface area contributed by atoms with Crippen molar-refractivity contribution in [3.8, 4) is 0 Å². The maximum atomic E-state index is 13.4. The number of hydrogen-bond acceptors (Lipinski definition) is 5. The Balaban J connectivity index is 2.23. The monoisotopic (exact) mass is 313 g/mol. The molecule has 7 nitrogen and oxygen atoms in total. The van der Waals surface area contributed by atoms with Gasteiger partial charge in [0.15, 0.2) is 0 Å². The van der Waals surface area contributed by atoms with Crippen LogP contribution >= 0.6 is 0 Å². The van der Waals surface area contributed by atoms with Crippen molar-refractivity contribution in [1.82, 2.24) is 25.2 Å². The number of nitrogens with zero attached hydrogens (tertiary/aromatic N) is 2. The number of rotatable bonds is 7. The number of hydrogen-bond donors (Lipinski definition) is 3. The minimum atomic E-state index is -3.84. The second-order valence-electron chi connectivity index (χ2n) is 4.29. The lowest BCUT2D eigenvalue weighted by atomic mass is 10.2. The van der Waals surface area contributed by atoms with Crippen LogP contribution in [0, 0.1) is 5.82 Å². The molecular formula is C12H16FN5O2S. The van der Waals surface area contributed by atoms with Gasteiger partial charge in [0.1, 0.15) is 18.0 Å². The summed E-state index contributed by atoms with van der Waals surface area (Å²) in [4.78, 5) is 3.74. The Bertz CT molecular complexity index is 688. The lowest BCUT2D eigenvalue weighted by molar-refractivity contribution is 0.572. The zero-order valence-corrected chi connectivity index (χ0v) is 12.2. The Labute approximate surface area is 122 Å². The fourth-order valence-electron chi connectivity index (χ4n) is 1.74. The predicted molar refractivity (Wildman–Crippen MR) is 74.2 cm³/mol. The Kier molecular flexibility index (Phi) is 4.99. The maximum Gasteiger partial charge on any atom is 0.241 e. The number of benzene rings is 1. The van der Waals surface area contributed by atoms with Crippen LogP contribution in [0.5, 0.6) is 0 Å². The topological polar surface area (TPSA) is 99.8 Å². The van der Waals surface area contributed by atoms with Gasteiger partial charge in [0.05, 0.1) is 11.4 Å². The van der Waals surface area contributed by atoms with Gasteiger partial charge >= 0.3 is 0 Å². The summed E-state index contributed by atoms with van der Waals surface area (Å²) >= 11 is 0. The Morgan fingerprint density at radius 3 is 2.81 bits per heavy atom. The van der Waals surface area contributed by atoms with Crippen LogP contribution in [0.15, 0.2) is 29.4 Å². The average Bonchev–Trinajstić information content (AvgIpc) is 2.97. The van der Waals surface area contributed by atoms with E-state index in [9.17, 15) is 12.8 Å². The van der Waals surface area contributed by atoms with E-state index in [1.54, 1.807) is 0 Å². The van der Waals surface area contributed by atoms with E-state index in [2.05, 4.69) is 25.2 Å². The third-order valence-corrected chi connectivity index (χ3v) is 4.26. The molecule has 21 heavy (non-hydrogen) atoms. The smallest absolute Gasteiger partial charge is 0.241 e. The standard InChI is InChI=1S/C12H16FN5O2S/c1-2-14-6-9-3-4-10(13)5-11(9)21(19,20)17-7-12-15-8-16-18-12/h3-5,8,14,17H,2,6-7H2,1H3,(H,15,16,18). The first-order valence-corrected chi connectivity index (χ1v) is 7.84. The van der Waals surface area contributed by atoms with Gasteiger partial charge < -0.3 is 5.32 Å². The number of aromatic amines is 1. The molecule has 0 amide bonds. The molecule has 1 aromatic carbocycles. The van der Waals surface area contributed by atoms with Crippen molar-refractivity contribution in [1.29, 1.82) is 0 Å². The van der Waals surface area contributed by atoms with Gasteiger partial charge in [-0.05, 0) is 24.2 Å². The number of sulfonamides is 1. The number of H-pyrrole nitrogens is 1. The molecule has 0 aliphatic rings. The second kappa shape index (κ2) is 6.74. The SMILES string of the molecule is CCNCc1ccc(F)cc1S(=O)(=O)NCc1ncn[nH]1. The second-order valence-corrected chi connectivity index (χ2v) is 6.02. The van der Waals surface area contributed by atoms with Gasteiger partial charge in [-0.25, -0.2) is 22.5 Å². The maximum absolute atomic E-state index is 13.4. The van der Waals surface area contributed by atoms with Gasteiger partial charge in [-0.1, -0.05) is 13.0 Å². The number of halogens is 1. The molecule has 0 radical (unpaired) electrons. The van der Waals surface area contributed by atoms with Crippen LogP contribution in [-0.2, 0) is 23.1 Å². The molecule has 1 heterocycles. The van der Waals surface area contributed by atoms with Crippen LogP contribution in [0.25, 0.3) is 0 Å². The van der Waals surface area contributed by atoms with E-state index in [1.165, 1.54) is 18.5 Å². The molecule has 3 N–H and O–H groups in total. The van der Waals surface area contributed by atoms with Crippen LogP contribution in [0.2, 0.25) is 0 Å². The lowest BCUT2D eigenvalue weighted by Gasteiger charge is -2.11. The fourth-order valence-corrected chi connectivity index (χ4v) is 2.98. The molecule has 0 unspecified atom stereocenters. The van der Waals surface area contributed by atoms with Crippen molar-refractivity contribution in [2.24, 2.45) is 0 Å². The minimum absolute atomic E-state index is 0.0422. The molecule has 0 aliphatic heterocycles. The molecule has 0 bridgehead atoms. The Hall–Kier alpha value is -1.84. The highest BCUT2D eigenvalue weighted by molar-refractivity contribution is 7.89. The molecule has 1 aromatic heterocycles. The van der Waals surface area contributed by atoms with Gasteiger partial charge in [0, 0.05) is 6.54 Å². The van der Waals surface area contributed by atoms with E-state index in [-0.39, 0.29) is 11.4 Å². The molecule has 114 valence electrons. The van der Waals surface area contributed by atoms with E-state index >= 15 is 0 Å². The lowest BCUT2D eigenvalue weighted by Crippen LogP contribution is -2.26. The molecule has 2 aromatic rings. The number of aromatic nitrogens is 3. The Morgan fingerprint density at radius 2 is 2.14 bits per heavy atom. The van der Waals surface area contributed by atoms with E-state index in [0.717, 1.165) is 6.07 Å². The zero-order valence-electron chi connectivity index (χ0n) is 11.4. The average molecular weight is 313 g/mol. The first kappa shape index (κ1) is 15.5. The summed E-state index contributed by atoms with van der Waals surface area (Å²) in [6.45, 7) is 2.89. The summed E-state index contributed by atoms with van der Waals surface area (Å²) in [5, 5.41) is 9.20. The summed E-state index contributed by atoms with van der Waals surface area (Å²) in [6.07, 6.45) is 1.28. The van der Waals surface area contributed by atoms with Crippen LogP contribution in [0.1, 0.15) is 18.3 Å². The summed E-state index contributed by atoms with van der Waals surface area (Å²) in [5.41, 5.74) is 0.503. The van der Waals surface area contributed by atoms with E-state index < -0.39 is 15.8 Å². The van der Waals surface area contributed by atoms with Gasteiger partial charge in [0.25, 0.3) is 0 Å². The molecule has 2 rings (SSSR count). The minimum Gasteiger partial charge on any atom is -0.313 e. The van der Waals surface area contributed by atoms with Crippen molar-refractivity contribution >= 4 is 10.0 Å². The van der Waals surface area contributed by atoms with E-state index in [0.29, 0.717) is 24.5 Å². The molecule has 0 saturated carbocycles. The van der Waals surface area contributed by atoms with Crippen molar-refractivity contribution in [3.63, 3.8) is 0 Å². The van der Waals surface area contributed by atoms with Gasteiger partial charge in [-0.3, -0.25) is 5.10 Å². The summed E-state index contributed by atoms with van der Waals surface area (Å²) < 4.78 is 40.3. The largest absolute Gasteiger partial charge is 0.313 e. The fraction of sp³-hybridized carbons (Fsp3) is 0.333. The predicted octanol–water partition coefficient (Wildman–Crippen LogP) is 0.532. The summed E-state index contributed by atoms with van der Waals surface area (Å²) in [6, 6.07) is 3.71. The molecule has 9 heteroatoms. The van der Waals surface area contributed by atoms with Crippen LogP contribution in [0.3, 0.4) is 0 Å². The van der Waals surface area contributed by atoms with Crippen molar-refractivity contribution < 1.29 is 12.8 Å². The first-order chi connectivity index (χ1) is 10.0. The highest BCUT2D eigenvalue weighted by Crippen LogP contribution is 2.17. The Morgan fingerprint density at radius 1 is 1.33 bits per heavy atom. The molecule has 0 aliphatic carbocycles. The van der Waals surface area contributed by atoms with Crippen LogP contribution in [-0.4, -0.2) is 30.1 Å². The van der Waals surface area contributed by atoms with Gasteiger partial charge in [-0.15, -0.1) is 0 Å². The highest BCUT2D eigenvalue weighted by Gasteiger charge is 2.19. The van der Waals surface area contributed by atoms with Crippen molar-refractivity contribution in [2.45, 2.75) is 24.9 Å². The normalized spacial score (nSPS) is 11.7. The molecular weight excluding hydrogens is 297 g/mol. The van der Waals surface area contributed by atoms with Crippen LogP contribution in [0.4, 0.5) is 4.39 Å². The molecule has 0 saturated heterocycles. The van der Waals surface area contributed by atoms with Gasteiger partial charge in [-0.2, -0.15) is 5.10 Å². The molecule has 0 atom stereocenters. The third-order valence-electron chi connectivity index (χ3n) is 2.78. The van der Waals surface area contributed by atoms with E-state index in [4.69, 9.17) is 0 Å². The third kappa shape index (κ3) is 4.06. The quantitative estimate of drug-likeness (QED) is 0.692. The van der Waals surface area contributed by atoms with E-state index in [1.807, 2.05) is 6.92 Å². The van der Waals surface area contributed by atoms with Crippen molar-refractivity contribution in [2.75, 3.05) is 6.54 Å². The molecule has 0 spiro atoms. The van der Waals surface area contributed by atoms with Gasteiger partial charge in [0.2, 0.25) is 10.0 Å². The highest BCUT2D eigenvalue weighted by atomic mass is 32.2. The zero-order chi connectivity index (χ0) is 15.3. The van der Waals surface area contributed by atoms with Crippen molar-refractivity contribution in [3.05, 3.63) is 41.7 Å². The summed E-state index contributed by atoms with van der Waals surface area (Å²) in [5.74, 6) is -0.224. The summed E-state index contributed by atoms with van der Waals surface area (Å²) in [7, 11) is -3.84. The number of nitrogens with one attached hydrogen (secondary N) is 3. The molecule has 0 fully saturated rings. The van der Waals surface area contributed by atoms with Crippen LogP contribution < -0.4 is 10.0 Å².